The number of hydrogen-bond donors (Lipinski definition) is 0. The van der Waals surface area contributed by atoms with E-state index < -0.39 is 0 Å². The molecule has 2 aromatic rings. The summed E-state index contributed by atoms with van der Waals surface area (Å²) < 4.78 is 0. The Morgan fingerprint density at radius 3 is 2.03 bits per heavy atom. The van der Waals surface area contributed by atoms with Crippen LogP contribution in [0.4, 0.5) is 5.69 Å². The summed E-state index contributed by atoms with van der Waals surface area (Å²) >= 11 is 12.3. The van der Waals surface area contributed by atoms with E-state index in [9.17, 15) is 9.59 Å². The van der Waals surface area contributed by atoms with E-state index in [-0.39, 0.29) is 11.8 Å². The Balaban J connectivity index is 1.84. The molecule has 0 aromatic heterocycles. The molecule has 2 amide bonds. The normalized spacial score (nSPS) is 22.6. The molecule has 0 aliphatic carbocycles. The molecule has 1 saturated heterocycles. The number of carbonyl (C=O) groups excluding carboxylic acids is 2. The second-order valence-corrected chi connectivity index (χ2v) is 8.89. The molecule has 0 saturated carbocycles. The average molecular weight is 429 g/mol. The van der Waals surface area contributed by atoms with Crippen LogP contribution in [-0.2, 0) is 9.59 Å². The first-order chi connectivity index (χ1) is 13.8. The first-order valence-electron chi connectivity index (χ1n) is 9.74. The smallest absolute Gasteiger partial charge is 0.282 e. The molecule has 1 fully saturated rings. The van der Waals surface area contributed by atoms with E-state index in [0.29, 0.717) is 38.8 Å². The molecule has 150 valence electrons. The van der Waals surface area contributed by atoms with Gasteiger partial charge < -0.3 is 4.90 Å². The van der Waals surface area contributed by atoms with Gasteiger partial charge >= 0.3 is 0 Å². The topological polar surface area (TPSA) is 40.6 Å². The fourth-order valence-corrected chi connectivity index (χ4v) is 4.94. The molecule has 4 nitrogen and oxygen atoms in total. The lowest BCUT2D eigenvalue weighted by molar-refractivity contribution is -0.120. The number of halogens is 2. The number of anilines is 1. The van der Waals surface area contributed by atoms with Gasteiger partial charge in [-0.25, -0.2) is 4.90 Å². The minimum Gasteiger partial charge on any atom is -0.366 e. The van der Waals surface area contributed by atoms with Crippen molar-refractivity contribution in [2.45, 2.75) is 20.3 Å². The molecule has 2 unspecified atom stereocenters. The molecule has 4 rings (SSSR count). The van der Waals surface area contributed by atoms with E-state index in [0.717, 1.165) is 25.1 Å². The van der Waals surface area contributed by atoms with Crippen LogP contribution in [0.1, 0.15) is 25.8 Å². The summed E-state index contributed by atoms with van der Waals surface area (Å²) in [5.74, 6) is 0.218. The predicted octanol–water partition coefficient (Wildman–Crippen LogP) is 5.26. The van der Waals surface area contributed by atoms with Crippen molar-refractivity contribution in [2.24, 2.45) is 11.8 Å². The Morgan fingerprint density at radius 2 is 1.45 bits per heavy atom. The van der Waals surface area contributed by atoms with Gasteiger partial charge in [0, 0.05) is 23.1 Å². The molecule has 6 heteroatoms. The van der Waals surface area contributed by atoms with Gasteiger partial charge in [-0.1, -0.05) is 67.4 Å². The van der Waals surface area contributed by atoms with Crippen LogP contribution < -0.4 is 4.90 Å². The van der Waals surface area contributed by atoms with Crippen molar-refractivity contribution < 1.29 is 9.59 Å². The Labute approximate surface area is 180 Å². The molecule has 2 atom stereocenters. The third kappa shape index (κ3) is 3.79. The van der Waals surface area contributed by atoms with Gasteiger partial charge in [0.25, 0.3) is 11.8 Å². The second kappa shape index (κ2) is 7.85. The summed E-state index contributed by atoms with van der Waals surface area (Å²) in [5.41, 5.74) is 2.03. The summed E-state index contributed by atoms with van der Waals surface area (Å²) in [4.78, 5) is 30.3. The summed E-state index contributed by atoms with van der Waals surface area (Å²) in [6.45, 7) is 5.86. The zero-order chi connectivity index (χ0) is 20.7. The van der Waals surface area contributed by atoms with Crippen LogP contribution >= 0.6 is 23.2 Å². The predicted molar refractivity (Wildman–Crippen MR) is 117 cm³/mol. The largest absolute Gasteiger partial charge is 0.366 e. The highest BCUT2D eigenvalue weighted by atomic mass is 35.5. The van der Waals surface area contributed by atoms with Crippen LogP contribution in [0.15, 0.2) is 54.2 Å². The summed E-state index contributed by atoms with van der Waals surface area (Å²) in [6.07, 6.45) is 1.11. The highest BCUT2D eigenvalue weighted by Gasteiger charge is 2.43. The average Bonchev–Trinajstić information content (AvgIpc) is 2.91. The van der Waals surface area contributed by atoms with E-state index in [2.05, 4.69) is 18.7 Å². The van der Waals surface area contributed by atoms with Gasteiger partial charge in [-0.15, -0.1) is 0 Å². The number of carbonyl (C=O) groups is 2. The fraction of sp³-hybridized carbons (Fsp3) is 0.304. The van der Waals surface area contributed by atoms with Crippen LogP contribution in [0.3, 0.4) is 0 Å². The van der Waals surface area contributed by atoms with Crippen LogP contribution in [0.2, 0.25) is 10.0 Å². The van der Waals surface area contributed by atoms with Crippen LogP contribution in [0.5, 0.6) is 0 Å². The number of likely N-dealkylation sites (tertiary alicyclic amines) is 1. The Hall–Kier alpha value is -2.30. The van der Waals surface area contributed by atoms with Crippen LogP contribution in [0, 0.1) is 11.8 Å². The third-order valence-corrected chi connectivity index (χ3v) is 5.85. The number of rotatable bonds is 3. The molecule has 0 radical (unpaired) electrons. The number of imide groups is 1. The monoisotopic (exact) mass is 428 g/mol. The molecule has 29 heavy (non-hydrogen) atoms. The lowest BCUT2D eigenvalue weighted by Crippen LogP contribution is -2.42. The van der Waals surface area contributed by atoms with Gasteiger partial charge in [-0.2, -0.15) is 0 Å². The van der Waals surface area contributed by atoms with Crippen molar-refractivity contribution in [2.75, 3.05) is 18.0 Å². The molecule has 0 spiro atoms. The summed E-state index contributed by atoms with van der Waals surface area (Å²) in [5, 5.41) is 0.756. The lowest BCUT2D eigenvalue weighted by Gasteiger charge is -2.37. The van der Waals surface area contributed by atoms with Gasteiger partial charge in [0.15, 0.2) is 0 Å². The zero-order valence-electron chi connectivity index (χ0n) is 16.4. The van der Waals surface area contributed by atoms with E-state index in [4.69, 9.17) is 23.2 Å². The minimum atomic E-state index is -0.347. The van der Waals surface area contributed by atoms with E-state index in [1.54, 1.807) is 18.2 Å². The molecule has 0 N–H and O–H groups in total. The van der Waals surface area contributed by atoms with Gasteiger partial charge in [-0.05, 0) is 42.0 Å². The quantitative estimate of drug-likeness (QED) is 0.626. The van der Waals surface area contributed by atoms with Crippen molar-refractivity contribution >= 4 is 46.3 Å². The van der Waals surface area contributed by atoms with Gasteiger partial charge in [-0.3, -0.25) is 9.59 Å². The van der Waals surface area contributed by atoms with E-state index >= 15 is 0 Å². The van der Waals surface area contributed by atoms with Gasteiger partial charge in [0.1, 0.15) is 5.70 Å². The first kappa shape index (κ1) is 20.0. The fourth-order valence-electron chi connectivity index (χ4n) is 4.42. The molecular formula is C23H22Cl2N2O2. The maximum Gasteiger partial charge on any atom is 0.282 e. The summed E-state index contributed by atoms with van der Waals surface area (Å²) in [6, 6.07) is 14.1. The van der Waals surface area contributed by atoms with Crippen molar-refractivity contribution in [1.82, 2.24) is 4.90 Å². The molecule has 0 bridgehead atoms. The number of piperidine rings is 1. The molecule has 2 aliphatic rings. The van der Waals surface area contributed by atoms with Crippen molar-refractivity contribution in [3.05, 3.63) is 69.8 Å². The summed E-state index contributed by atoms with van der Waals surface area (Å²) in [7, 11) is 0. The van der Waals surface area contributed by atoms with Crippen molar-refractivity contribution in [3.8, 4) is 0 Å². The number of benzene rings is 2. The highest BCUT2D eigenvalue weighted by Crippen LogP contribution is 2.38. The maximum absolute atomic E-state index is 13.6. The first-order valence-corrected chi connectivity index (χ1v) is 10.5. The maximum atomic E-state index is 13.6. The number of amides is 2. The van der Waals surface area contributed by atoms with Crippen molar-refractivity contribution in [3.63, 3.8) is 0 Å². The van der Waals surface area contributed by atoms with E-state index in [1.807, 2.05) is 30.3 Å². The molecular weight excluding hydrogens is 407 g/mol. The standard InChI is InChI=1S/C23H22Cl2N2O2/c1-14-8-15(2)13-26(12-14)21-20(16-6-4-3-5-7-16)22(28)27(23(21)29)19-10-17(24)9-18(25)11-19/h3-7,9-11,14-15H,8,12-13H2,1-2H3. The van der Waals surface area contributed by atoms with Crippen LogP contribution in [-0.4, -0.2) is 29.8 Å². The minimum absolute atomic E-state index is 0.325. The Kier molecular flexibility index (Phi) is 5.41. The second-order valence-electron chi connectivity index (χ2n) is 8.01. The van der Waals surface area contributed by atoms with Crippen LogP contribution in [0.25, 0.3) is 5.57 Å². The molecule has 2 heterocycles. The number of hydrogen-bond acceptors (Lipinski definition) is 3. The zero-order valence-corrected chi connectivity index (χ0v) is 17.9. The SMILES string of the molecule is CC1CC(C)CN(C2=C(c3ccccc3)C(=O)N(c3cc(Cl)cc(Cl)c3)C2=O)C1. The molecule has 2 aromatic carbocycles. The van der Waals surface area contributed by atoms with Crippen molar-refractivity contribution in [1.29, 1.82) is 0 Å². The van der Waals surface area contributed by atoms with Gasteiger partial charge in [0.2, 0.25) is 0 Å². The lowest BCUT2D eigenvalue weighted by atomic mass is 9.91. The highest BCUT2D eigenvalue weighted by molar-refractivity contribution is 6.46. The molecule has 2 aliphatic heterocycles. The van der Waals surface area contributed by atoms with Gasteiger partial charge in [0.05, 0.1) is 11.3 Å². The Bertz CT molecular complexity index is 973. The number of nitrogens with zero attached hydrogens (tertiary/aromatic N) is 2. The van der Waals surface area contributed by atoms with E-state index in [1.165, 1.54) is 4.90 Å². The third-order valence-electron chi connectivity index (χ3n) is 5.41. The Morgan fingerprint density at radius 1 is 0.862 bits per heavy atom.